The molecule has 6 heteroatoms. The smallest absolute Gasteiger partial charge is 0.408 e. The third-order valence-electron chi connectivity index (χ3n) is 4.84. The zero-order valence-corrected chi connectivity index (χ0v) is 17.0. The summed E-state index contributed by atoms with van der Waals surface area (Å²) in [6.45, 7) is 9.86. The van der Waals surface area contributed by atoms with Crippen LogP contribution in [0.3, 0.4) is 0 Å². The Labute approximate surface area is 157 Å². The largest absolute Gasteiger partial charge is 0.444 e. The van der Waals surface area contributed by atoms with Gasteiger partial charge in [-0.25, -0.2) is 9.78 Å². The Bertz CT molecular complexity index is 598. The second-order valence-corrected chi connectivity index (χ2v) is 9.60. The Kier molecular flexibility index (Phi) is 4.70. The lowest BCUT2D eigenvalue weighted by molar-refractivity contribution is 0.0462. The zero-order valence-electron chi connectivity index (χ0n) is 14.8. The fourth-order valence-electron chi connectivity index (χ4n) is 4.04. The number of carbonyl (C=O) groups is 1. The van der Waals surface area contributed by atoms with Crippen LogP contribution in [-0.2, 0) is 4.74 Å². The standard InChI is InChI=1S/C18H26IN3O2/c1-17(2,3)24-16(23)21-18(4)7-12-10-22(11-13(12)8-18)15-6-5-14(19)9-20-15/h5-6,9,12-13H,7-8,10-11H2,1-4H3,(H,21,23)/t12-,13?,18?/m1/s1. The van der Waals surface area contributed by atoms with Crippen LogP contribution in [0.2, 0.25) is 0 Å². The number of pyridine rings is 1. The first-order chi connectivity index (χ1) is 11.1. The van der Waals surface area contributed by atoms with E-state index in [2.05, 4.69) is 56.8 Å². The second kappa shape index (κ2) is 6.35. The molecule has 2 aliphatic rings. The van der Waals surface area contributed by atoms with Crippen molar-refractivity contribution in [2.24, 2.45) is 11.8 Å². The van der Waals surface area contributed by atoms with Gasteiger partial charge in [-0.05, 0) is 87.1 Å². The predicted octanol–water partition coefficient (Wildman–Crippen LogP) is 3.82. The minimum atomic E-state index is -0.456. The van der Waals surface area contributed by atoms with Gasteiger partial charge in [0.25, 0.3) is 0 Å². The molecule has 1 saturated carbocycles. The van der Waals surface area contributed by atoms with Crippen LogP contribution in [0.25, 0.3) is 0 Å². The number of alkyl carbamates (subject to hydrolysis) is 1. The number of hydrogen-bond acceptors (Lipinski definition) is 4. The SMILES string of the molecule is CC1(NC(=O)OC(C)(C)C)CC2CN(c3ccc(I)cn3)C[C@H]2C1. The van der Waals surface area contributed by atoms with Crippen LogP contribution in [0.1, 0.15) is 40.5 Å². The molecular formula is C18H26IN3O2. The van der Waals surface area contributed by atoms with Gasteiger partial charge in [0.1, 0.15) is 11.4 Å². The molecule has 3 atom stereocenters. The molecule has 1 aromatic rings. The van der Waals surface area contributed by atoms with Gasteiger partial charge in [-0.2, -0.15) is 0 Å². The van der Waals surface area contributed by atoms with Crippen molar-refractivity contribution >= 4 is 34.5 Å². The van der Waals surface area contributed by atoms with E-state index in [1.54, 1.807) is 0 Å². The molecule has 2 heterocycles. The van der Waals surface area contributed by atoms with E-state index < -0.39 is 5.60 Å². The number of nitrogens with zero attached hydrogens (tertiary/aromatic N) is 2. The van der Waals surface area contributed by atoms with Crippen molar-refractivity contribution in [1.82, 2.24) is 10.3 Å². The molecule has 0 radical (unpaired) electrons. The Balaban J connectivity index is 1.58. The molecule has 0 aromatic carbocycles. The van der Waals surface area contributed by atoms with Crippen LogP contribution < -0.4 is 10.2 Å². The summed E-state index contributed by atoms with van der Waals surface area (Å²) in [7, 11) is 0. The van der Waals surface area contributed by atoms with Crippen molar-refractivity contribution in [2.75, 3.05) is 18.0 Å². The first-order valence-corrected chi connectivity index (χ1v) is 9.59. The lowest BCUT2D eigenvalue weighted by atomic mass is 9.98. The van der Waals surface area contributed by atoms with Crippen LogP contribution in [0.5, 0.6) is 0 Å². The number of carbonyl (C=O) groups excluding carboxylic acids is 1. The van der Waals surface area contributed by atoms with Crippen LogP contribution >= 0.6 is 22.6 Å². The molecule has 1 amide bonds. The third kappa shape index (κ3) is 4.13. The number of rotatable bonds is 2. The average Bonchev–Trinajstić information content (AvgIpc) is 2.91. The highest BCUT2D eigenvalue weighted by Crippen LogP contribution is 2.44. The molecule has 2 fully saturated rings. The number of ether oxygens (including phenoxy) is 1. The minimum absolute atomic E-state index is 0.163. The first kappa shape index (κ1) is 17.8. The van der Waals surface area contributed by atoms with E-state index in [9.17, 15) is 4.79 Å². The van der Waals surface area contributed by atoms with Gasteiger partial charge in [-0.15, -0.1) is 0 Å². The minimum Gasteiger partial charge on any atom is -0.444 e. The van der Waals surface area contributed by atoms with E-state index >= 15 is 0 Å². The number of fused-ring (bicyclic) bond motifs is 1. The highest BCUT2D eigenvalue weighted by molar-refractivity contribution is 14.1. The number of nitrogens with one attached hydrogen (secondary N) is 1. The topological polar surface area (TPSA) is 54.5 Å². The molecule has 3 rings (SSSR count). The molecule has 0 bridgehead atoms. The maximum absolute atomic E-state index is 12.1. The van der Waals surface area contributed by atoms with Gasteiger partial charge in [0.15, 0.2) is 0 Å². The number of anilines is 1. The van der Waals surface area contributed by atoms with Gasteiger partial charge in [-0.3, -0.25) is 0 Å². The molecular weight excluding hydrogens is 417 g/mol. The zero-order chi connectivity index (χ0) is 17.5. The summed E-state index contributed by atoms with van der Waals surface area (Å²) in [5.41, 5.74) is -0.620. The fraction of sp³-hybridized carbons (Fsp3) is 0.667. The summed E-state index contributed by atoms with van der Waals surface area (Å²) in [6, 6.07) is 4.20. The number of aromatic nitrogens is 1. The van der Waals surface area contributed by atoms with Crippen molar-refractivity contribution < 1.29 is 9.53 Å². The molecule has 1 aromatic heterocycles. The van der Waals surface area contributed by atoms with E-state index in [1.165, 1.54) is 0 Å². The molecule has 1 saturated heterocycles. The van der Waals surface area contributed by atoms with Gasteiger partial charge in [0.2, 0.25) is 0 Å². The highest BCUT2D eigenvalue weighted by atomic mass is 127. The molecule has 1 N–H and O–H groups in total. The lowest BCUT2D eigenvalue weighted by Gasteiger charge is -2.30. The van der Waals surface area contributed by atoms with Crippen LogP contribution in [-0.4, -0.2) is 35.3 Å². The number of halogens is 1. The molecule has 132 valence electrons. The average molecular weight is 443 g/mol. The van der Waals surface area contributed by atoms with Crippen molar-refractivity contribution in [1.29, 1.82) is 0 Å². The van der Waals surface area contributed by atoms with Crippen molar-refractivity contribution in [3.63, 3.8) is 0 Å². The third-order valence-corrected chi connectivity index (χ3v) is 5.48. The quantitative estimate of drug-likeness (QED) is 0.707. The van der Waals surface area contributed by atoms with Crippen molar-refractivity contribution in [2.45, 2.75) is 51.7 Å². The Morgan fingerprint density at radius 2 is 1.96 bits per heavy atom. The maximum Gasteiger partial charge on any atom is 0.408 e. The van der Waals surface area contributed by atoms with Gasteiger partial charge < -0.3 is 15.0 Å². The van der Waals surface area contributed by atoms with Gasteiger partial charge >= 0.3 is 6.09 Å². The van der Waals surface area contributed by atoms with E-state index in [4.69, 9.17) is 4.74 Å². The summed E-state index contributed by atoms with van der Waals surface area (Å²) in [6.07, 6.45) is 3.61. The molecule has 5 nitrogen and oxygen atoms in total. The fourth-order valence-corrected chi connectivity index (χ4v) is 4.36. The molecule has 1 aliphatic heterocycles. The van der Waals surface area contributed by atoms with Crippen molar-refractivity contribution in [3.8, 4) is 0 Å². The maximum atomic E-state index is 12.1. The summed E-state index contributed by atoms with van der Waals surface area (Å²) in [5, 5.41) is 3.11. The van der Waals surface area contributed by atoms with Gasteiger partial charge in [0, 0.05) is 28.4 Å². The molecule has 24 heavy (non-hydrogen) atoms. The van der Waals surface area contributed by atoms with Crippen molar-refractivity contribution in [3.05, 3.63) is 21.9 Å². The second-order valence-electron chi connectivity index (χ2n) is 8.36. The number of hydrogen-bond donors (Lipinski definition) is 1. The highest BCUT2D eigenvalue weighted by Gasteiger charge is 2.48. The van der Waals surface area contributed by atoms with E-state index in [0.717, 1.165) is 35.3 Å². The molecule has 1 aliphatic carbocycles. The Hall–Kier alpha value is -1.05. The monoisotopic (exact) mass is 443 g/mol. The summed E-state index contributed by atoms with van der Waals surface area (Å²) < 4.78 is 6.57. The lowest BCUT2D eigenvalue weighted by Crippen LogP contribution is -2.47. The van der Waals surface area contributed by atoms with E-state index in [0.29, 0.717) is 11.8 Å². The Morgan fingerprint density at radius 3 is 2.46 bits per heavy atom. The van der Waals surface area contributed by atoms with Crippen LogP contribution in [0, 0.1) is 15.4 Å². The number of amides is 1. The predicted molar refractivity (Wildman–Crippen MR) is 103 cm³/mol. The Morgan fingerprint density at radius 1 is 1.33 bits per heavy atom. The van der Waals surface area contributed by atoms with E-state index in [-0.39, 0.29) is 11.6 Å². The van der Waals surface area contributed by atoms with Crippen LogP contribution in [0.15, 0.2) is 18.3 Å². The summed E-state index contributed by atoms with van der Waals surface area (Å²) in [4.78, 5) is 19.0. The summed E-state index contributed by atoms with van der Waals surface area (Å²) in [5.74, 6) is 2.27. The van der Waals surface area contributed by atoms with Gasteiger partial charge in [-0.1, -0.05) is 0 Å². The molecule has 0 spiro atoms. The normalized spacial score (nSPS) is 29.5. The summed E-state index contributed by atoms with van der Waals surface area (Å²) >= 11 is 2.28. The molecule has 2 unspecified atom stereocenters. The van der Waals surface area contributed by atoms with E-state index in [1.807, 2.05) is 27.0 Å². The van der Waals surface area contributed by atoms with Gasteiger partial charge in [0.05, 0.1) is 0 Å². The first-order valence-electron chi connectivity index (χ1n) is 8.51. The van der Waals surface area contributed by atoms with Crippen LogP contribution in [0.4, 0.5) is 10.6 Å².